The van der Waals surface area contributed by atoms with Gasteiger partial charge in [-0.3, -0.25) is 0 Å². The van der Waals surface area contributed by atoms with Crippen molar-refractivity contribution in [2.24, 2.45) is 0 Å². The van der Waals surface area contributed by atoms with E-state index in [1.54, 1.807) is 0 Å². The summed E-state index contributed by atoms with van der Waals surface area (Å²) >= 11 is 1.46. The van der Waals surface area contributed by atoms with Crippen LogP contribution in [0, 0.1) is 0 Å². The van der Waals surface area contributed by atoms with Gasteiger partial charge in [0.05, 0.1) is 11.1 Å². The van der Waals surface area contributed by atoms with Crippen LogP contribution in [0.5, 0.6) is 0 Å². The number of hydrogen-bond donors (Lipinski definition) is 2. The number of fused-ring (bicyclic) bond motifs is 1. The average molecular weight is 301 g/mol. The van der Waals surface area contributed by atoms with Crippen molar-refractivity contribution in [2.75, 3.05) is 37.4 Å². The molecule has 0 aromatic carbocycles. The van der Waals surface area contributed by atoms with E-state index in [9.17, 15) is 8.42 Å². The Morgan fingerprint density at radius 3 is 2.84 bits per heavy atom. The van der Waals surface area contributed by atoms with Crippen molar-refractivity contribution in [3.05, 3.63) is 11.4 Å². The predicted octanol–water partition coefficient (Wildman–Crippen LogP) is 0.577. The topological polar surface area (TPSA) is 101 Å². The minimum absolute atomic E-state index is 0.00443. The maximum atomic E-state index is 11.6. The third-order valence-electron chi connectivity index (χ3n) is 2.55. The molecule has 2 aromatic rings. The zero-order chi connectivity index (χ0) is 14.0. The Labute approximate surface area is 115 Å². The van der Waals surface area contributed by atoms with Gasteiger partial charge in [0.15, 0.2) is 0 Å². The number of nitrogens with zero attached hydrogens (tertiary/aromatic N) is 3. The Morgan fingerprint density at radius 2 is 2.16 bits per heavy atom. The first kappa shape index (κ1) is 14.0. The lowest BCUT2D eigenvalue weighted by Crippen LogP contribution is -2.28. The van der Waals surface area contributed by atoms with E-state index in [-0.39, 0.29) is 18.2 Å². The van der Waals surface area contributed by atoms with Gasteiger partial charge in [-0.15, -0.1) is 11.3 Å². The molecule has 104 valence electrons. The lowest BCUT2D eigenvalue weighted by atomic mass is 10.4. The van der Waals surface area contributed by atoms with Crippen LogP contribution in [-0.2, 0) is 10.0 Å². The molecule has 0 atom stereocenters. The van der Waals surface area contributed by atoms with Crippen molar-refractivity contribution in [3.8, 4) is 0 Å². The number of thiophene rings is 1. The van der Waals surface area contributed by atoms with E-state index < -0.39 is 10.0 Å². The van der Waals surface area contributed by atoms with E-state index in [1.165, 1.54) is 29.7 Å². The largest absolute Gasteiger partial charge is 0.368 e. The van der Waals surface area contributed by atoms with Crippen LogP contribution in [0.1, 0.15) is 0 Å². The number of nitrogens with one attached hydrogen (secondary N) is 1. The SMILES string of the molecule is CN(C)S(=O)(=O)CCNc1nc(N)nc2sccc12. The van der Waals surface area contributed by atoms with Crippen LogP contribution >= 0.6 is 11.3 Å². The molecule has 0 amide bonds. The van der Waals surface area contributed by atoms with Gasteiger partial charge in [-0.2, -0.15) is 4.98 Å². The summed E-state index contributed by atoms with van der Waals surface area (Å²) < 4.78 is 24.5. The first-order valence-corrected chi connectivity index (χ1v) is 8.04. The Bertz CT molecular complexity index is 680. The molecule has 19 heavy (non-hydrogen) atoms. The molecule has 0 aliphatic carbocycles. The number of nitrogens with two attached hydrogens (primary N) is 1. The highest BCUT2D eigenvalue weighted by molar-refractivity contribution is 7.89. The second-order valence-corrected chi connectivity index (χ2v) is 7.29. The first-order valence-electron chi connectivity index (χ1n) is 5.55. The summed E-state index contributed by atoms with van der Waals surface area (Å²) in [5.74, 6) is 0.737. The number of sulfonamides is 1. The summed E-state index contributed by atoms with van der Waals surface area (Å²) in [6.07, 6.45) is 0. The van der Waals surface area contributed by atoms with Gasteiger partial charge in [0.2, 0.25) is 16.0 Å². The summed E-state index contributed by atoms with van der Waals surface area (Å²) in [6, 6.07) is 1.88. The molecule has 0 aliphatic heterocycles. The zero-order valence-electron chi connectivity index (χ0n) is 10.6. The smallest absolute Gasteiger partial charge is 0.223 e. The first-order chi connectivity index (χ1) is 8.90. The Morgan fingerprint density at radius 1 is 1.42 bits per heavy atom. The highest BCUT2D eigenvalue weighted by Gasteiger charge is 2.14. The van der Waals surface area contributed by atoms with Gasteiger partial charge in [-0.1, -0.05) is 0 Å². The van der Waals surface area contributed by atoms with Crippen LogP contribution in [0.25, 0.3) is 10.2 Å². The maximum Gasteiger partial charge on any atom is 0.223 e. The third kappa shape index (κ3) is 3.11. The van der Waals surface area contributed by atoms with Gasteiger partial charge in [-0.05, 0) is 11.4 Å². The van der Waals surface area contributed by atoms with Crippen LogP contribution < -0.4 is 11.1 Å². The van der Waals surface area contributed by atoms with Crippen LogP contribution in [0.3, 0.4) is 0 Å². The number of hydrogen-bond acceptors (Lipinski definition) is 7. The molecular weight excluding hydrogens is 286 g/mol. The molecule has 0 saturated heterocycles. The minimum atomic E-state index is -3.22. The molecule has 0 aliphatic rings. The molecule has 7 nitrogen and oxygen atoms in total. The normalized spacial score (nSPS) is 12.2. The predicted molar refractivity (Wildman–Crippen MR) is 77.8 cm³/mol. The number of aromatic nitrogens is 2. The van der Waals surface area contributed by atoms with Crippen LogP contribution in [0.2, 0.25) is 0 Å². The minimum Gasteiger partial charge on any atom is -0.368 e. The van der Waals surface area contributed by atoms with E-state index in [1.807, 2.05) is 11.4 Å². The highest BCUT2D eigenvalue weighted by Crippen LogP contribution is 2.25. The van der Waals surface area contributed by atoms with E-state index >= 15 is 0 Å². The molecule has 0 fully saturated rings. The third-order valence-corrected chi connectivity index (χ3v) is 5.19. The van der Waals surface area contributed by atoms with Crippen LogP contribution in [-0.4, -0.2) is 49.1 Å². The standard InChI is InChI=1S/C10H15N5O2S2/c1-15(2)19(16,17)6-4-12-8-7-3-5-18-9(7)14-10(11)13-8/h3,5H,4,6H2,1-2H3,(H3,11,12,13,14). The van der Waals surface area contributed by atoms with Gasteiger partial charge < -0.3 is 11.1 Å². The Hall–Kier alpha value is -1.45. The molecule has 0 radical (unpaired) electrons. The van der Waals surface area contributed by atoms with Gasteiger partial charge >= 0.3 is 0 Å². The molecule has 2 heterocycles. The summed E-state index contributed by atoms with van der Waals surface area (Å²) in [5.41, 5.74) is 5.61. The van der Waals surface area contributed by atoms with Gasteiger partial charge in [-0.25, -0.2) is 17.7 Å². The quantitative estimate of drug-likeness (QED) is 0.837. The second kappa shape index (κ2) is 5.27. The molecule has 2 aromatic heterocycles. The summed E-state index contributed by atoms with van der Waals surface area (Å²) in [6.45, 7) is 0.266. The molecule has 2 rings (SSSR count). The lowest BCUT2D eigenvalue weighted by molar-refractivity contribution is 0.521. The van der Waals surface area contributed by atoms with Crippen molar-refractivity contribution in [1.82, 2.24) is 14.3 Å². The average Bonchev–Trinajstić information content (AvgIpc) is 2.76. The van der Waals surface area contributed by atoms with Crippen molar-refractivity contribution in [3.63, 3.8) is 0 Å². The van der Waals surface area contributed by atoms with Gasteiger partial charge in [0.25, 0.3) is 0 Å². The summed E-state index contributed by atoms with van der Waals surface area (Å²) in [5, 5.41) is 5.73. The molecule has 3 N–H and O–H groups in total. The summed E-state index contributed by atoms with van der Waals surface area (Å²) in [4.78, 5) is 8.97. The molecule has 9 heteroatoms. The van der Waals surface area contributed by atoms with Crippen molar-refractivity contribution < 1.29 is 8.42 Å². The van der Waals surface area contributed by atoms with Crippen LogP contribution in [0.4, 0.5) is 11.8 Å². The van der Waals surface area contributed by atoms with Crippen LogP contribution in [0.15, 0.2) is 11.4 Å². The fourth-order valence-electron chi connectivity index (χ4n) is 1.49. The van der Waals surface area contributed by atoms with E-state index in [0.29, 0.717) is 5.82 Å². The van der Waals surface area contributed by atoms with E-state index in [0.717, 1.165) is 10.2 Å². The highest BCUT2D eigenvalue weighted by atomic mass is 32.2. The molecule has 0 unspecified atom stereocenters. The monoisotopic (exact) mass is 301 g/mol. The number of nitrogen functional groups attached to an aromatic ring is 1. The number of rotatable bonds is 5. The molecule has 0 saturated carbocycles. The zero-order valence-corrected chi connectivity index (χ0v) is 12.3. The fraction of sp³-hybridized carbons (Fsp3) is 0.400. The fourth-order valence-corrected chi connectivity index (χ4v) is 2.98. The Kier molecular flexibility index (Phi) is 3.88. The lowest BCUT2D eigenvalue weighted by Gasteiger charge is -2.12. The second-order valence-electron chi connectivity index (χ2n) is 4.10. The van der Waals surface area contributed by atoms with Gasteiger partial charge in [0, 0.05) is 20.6 Å². The van der Waals surface area contributed by atoms with Crippen molar-refractivity contribution >= 4 is 43.3 Å². The van der Waals surface area contributed by atoms with Gasteiger partial charge in [0.1, 0.15) is 10.6 Å². The molecule has 0 bridgehead atoms. The summed E-state index contributed by atoms with van der Waals surface area (Å²) in [7, 11) is -0.202. The number of anilines is 2. The maximum absolute atomic E-state index is 11.6. The Balaban J connectivity index is 2.12. The molecular formula is C10H15N5O2S2. The van der Waals surface area contributed by atoms with Crippen molar-refractivity contribution in [1.29, 1.82) is 0 Å². The van der Waals surface area contributed by atoms with Crippen molar-refractivity contribution in [2.45, 2.75) is 0 Å². The van der Waals surface area contributed by atoms with E-state index in [4.69, 9.17) is 5.73 Å². The van der Waals surface area contributed by atoms with E-state index in [2.05, 4.69) is 15.3 Å². The molecule has 0 spiro atoms.